The number of carbonyl (C=O) groups excluding carboxylic acids is 3. The Balaban J connectivity index is 1.28. The SMILES string of the molecule is CNC(=O)c1nnc(NC(=O)C2CC2)cc1Nc1cccc(C(=O)N[C@H](C)C2CN(Cc3ccccn3)C2)c1OC. The Morgan fingerprint density at radius 3 is 2.54 bits per heavy atom. The first-order valence-corrected chi connectivity index (χ1v) is 13.6. The number of rotatable bonds is 11. The predicted molar refractivity (Wildman–Crippen MR) is 153 cm³/mol. The summed E-state index contributed by atoms with van der Waals surface area (Å²) in [6.45, 7) is 4.53. The molecule has 0 unspecified atom stereocenters. The lowest BCUT2D eigenvalue weighted by Crippen LogP contribution is -2.55. The van der Waals surface area contributed by atoms with Crippen LogP contribution in [0.1, 0.15) is 46.3 Å². The highest BCUT2D eigenvalue weighted by Crippen LogP contribution is 2.34. The van der Waals surface area contributed by atoms with E-state index < -0.39 is 5.91 Å². The summed E-state index contributed by atoms with van der Waals surface area (Å²) in [5.74, 6) is -0.0281. The van der Waals surface area contributed by atoms with Gasteiger partial charge in [-0.25, -0.2) is 0 Å². The monoisotopic (exact) mass is 558 g/mol. The molecule has 3 amide bonds. The molecular formula is C29H34N8O4. The molecule has 3 heterocycles. The molecule has 1 atom stereocenters. The van der Waals surface area contributed by atoms with Crippen LogP contribution in [0.4, 0.5) is 17.2 Å². The molecule has 12 heteroatoms. The van der Waals surface area contributed by atoms with Gasteiger partial charge < -0.3 is 26.0 Å². The number of carbonyl (C=O) groups is 3. The maximum atomic E-state index is 13.3. The number of hydrogen-bond acceptors (Lipinski definition) is 9. The molecule has 1 aliphatic heterocycles. The standard InChI is InChI=1S/C29H34N8O4/c1-17(19-14-37(15-19)16-20-7-4-5-12-31-20)32-28(39)21-8-6-9-22(26(21)41-3)33-23-13-24(34-27(38)18-10-11-18)35-36-25(23)29(40)30-2/h4-9,12-13,17-19H,10-11,14-16H2,1-3H3,(H,30,40)(H,32,39)(H2,33,34,35,38)/t17-/m1/s1. The fraction of sp³-hybridized carbons (Fsp3) is 0.379. The van der Waals surface area contributed by atoms with Crippen LogP contribution < -0.4 is 26.0 Å². The van der Waals surface area contributed by atoms with Crippen molar-refractivity contribution in [2.24, 2.45) is 11.8 Å². The Bertz CT molecular complexity index is 1420. The van der Waals surface area contributed by atoms with E-state index in [0.717, 1.165) is 38.2 Å². The summed E-state index contributed by atoms with van der Waals surface area (Å²) in [6.07, 6.45) is 3.48. The second-order valence-electron chi connectivity index (χ2n) is 10.4. The predicted octanol–water partition coefficient (Wildman–Crippen LogP) is 2.58. The molecule has 12 nitrogen and oxygen atoms in total. The van der Waals surface area contributed by atoms with Gasteiger partial charge >= 0.3 is 0 Å². The number of pyridine rings is 1. The maximum absolute atomic E-state index is 13.3. The van der Waals surface area contributed by atoms with Gasteiger partial charge in [0.25, 0.3) is 11.8 Å². The van der Waals surface area contributed by atoms with E-state index >= 15 is 0 Å². The van der Waals surface area contributed by atoms with Crippen molar-refractivity contribution in [2.75, 3.05) is 37.9 Å². The summed E-state index contributed by atoms with van der Waals surface area (Å²) in [6, 6.07) is 12.5. The van der Waals surface area contributed by atoms with E-state index in [1.54, 1.807) is 30.5 Å². The number of hydrogen-bond donors (Lipinski definition) is 4. The zero-order valence-corrected chi connectivity index (χ0v) is 23.3. The van der Waals surface area contributed by atoms with E-state index in [9.17, 15) is 14.4 Å². The normalized spacial score (nSPS) is 15.8. The zero-order chi connectivity index (χ0) is 28.9. The third-order valence-corrected chi connectivity index (χ3v) is 7.33. The molecule has 4 N–H and O–H groups in total. The number of para-hydroxylation sites is 1. The summed E-state index contributed by atoms with van der Waals surface area (Å²) < 4.78 is 5.65. The Labute approximate surface area is 238 Å². The van der Waals surface area contributed by atoms with Gasteiger partial charge in [0.15, 0.2) is 17.3 Å². The Kier molecular flexibility index (Phi) is 8.39. The van der Waals surface area contributed by atoms with Crippen molar-refractivity contribution < 1.29 is 19.1 Å². The van der Waals surface area contributed by atoms with Gasteiger partial charge in [-0.15, -0.1) is 10.2 Å². The number of likely N-dealkylation sites (tertiary alicyclic amines) is 1. The highest BCUT2D eigenvalue weighted by molar-refractivity contribution is 6.02. The van der Waals surface area contributed by atoms with Crippen LogP contribution in [0.3, 0.4) is 0 Å². The number of nitrogens with zero attached hydrogens (tertiary/aromatic N) is 4. The number of benzene rings is 1. The molecule has 1 saturated heterocycles. The first-order valence-electron chi connectivity index (χ1n) is 13.6. The Morgan fingerprint density at radius 1 is 1.05 bits per heavy atom. The fourth-order valence-corrected chi connectivity index (χ4v) is 4.77. The molecule has 3 aromatic rings. The summed E-state index contributed by atoms with van der Waals surface area (Å²) in [7, 11) is 2.97. The minimum absolute atomic E-state index is 0.0200. The molecule has 41 heavy (non-hydrogen) atoms. The van der Waals surface area contributed by atoms with Crippen molar-refractivity contribution in [3.63, 3.8) is 0 Å². The summed E-state index contributed by atoms with van der Waals surface area (Å²) >= 11 is 0. The van der Waals surface area contributed by atoms with Crippen molar-refractivity contribution in [2.45, 2.75) is 32.4 Å². The van der Waals surface area contributed by atoms with Crippen LogP contribution in [-0.2, 0) is 11.3 Å². The molecule has 0 spiro atoms. The van der Waals surface area contributed by atoms with Gasteiger partial charge in [0.05, 0.1) is 29.7 Å². The van der Waals surface area contributed by atoms with Crippen LogP contribution >= 0.6 is 0 Å². The number of amides is 3. The van der Waals surface area contributed by atoms with Crippen LogP contribution in [0, 0.1) is 11.8 Å². The lowest BCUT2D eigenvalue weighted by atomic mass is 9.92. The molecule has 2 fully saturated rings. The van der Waals surface area contributed by atoms with Crippen molar-refractivity contribution in [1.29, 1.82) is 0 Å². The topological polar surface area (TPSA) is 150 Å². The smallest absolute Gasteiger partial charge is 0.273 e. The highest BCUT2D eigenvalue weighted by atomic mass is 16.5. The third-order valence-electron chi connectivity index (χ3n) is 7.33. The Morgan fingerprint density at radius 2 is 1.85 bits per heavy atom. The number of methoxy groups -OCH3 is 1. The highest BCUT2D eigenvalue weighted by Gasteiger charge is 2.33. The quantitative estimate of drug-likeness (QED) is 0.278. The molecule has 0 radical (unpaired) electrons. The van der Waals surface area contributed by atoms with Crippen LogP contribution in [0.15, 0.2) is 48.7 Å². The largest absolute Gasteiger partial charge is 0.494 e. The number of nitrogens with one attached hydrogen (secondary N) is 4. The van der Waals surface area contributed by atoms with Crippen LogP contribution in [0.5, 0.6) is 5.75 Å². The lowest BCUT2D eigenvalue weighted by Gasteiger charge is -2.42. The Hall–Kier alpha value is -4.58. The molecule has 1 saturated carbocycles. The van der Waals surface area contributed by atoms with Gasteiger partial charge in [0.2, 0.25) is 5.91 Å². The van der Waals surface area contributed by atoms with E-state index in [1.165, 1.54) is 14.2 Å². The lowest BCUT2D eigenvalue weighted by molar-refractivity contribution is -0.117. The summed E-state index contributed by atoms with van der Waals surface area (Å²) in [5.41, 5.74) is 2.16. The minimum atomic E-state index is -0.459. The second kappa shape index (κ2) is 12.3. The average Bonchev–Trinajstić information content (AvgIpc) is 3.81. The van der Waals surface area contributed by atoms with Gasteiger partial charge in [-0.05, 0) is 44.0 Å². The van der Waals surface area contributed by atoms with E-state index in [-0.39, 0.29) is 35.3 Å². The third kappa shape index (κ3) is 6.60. The molecule has 0 bridgehead atoms. The molecule has 1 aliphatic carbocycles. The first kappa shape index (κ1) is 28.0. The first-order chi connectivity index (χ1) is 19.9. The summed E-state index contributed by atoms with van der Waals surface area (Å²) in [5, 5.41) is 19.6. The van der Waals surface area contributed by atoms with E-state index in [4.69, 9.17) is 4.74 Å². The van der Waals surface area contributed by atoms with Crippen molar-refractivity contribution >= 4 is 34.9 Å². The van der Waals surface area contributed by atoms with Gasteiger partial charge in [0.1, 0.15) is 0 Å². The molecule has 5 rings (SSSR count). The van der Waals surface area contributed by atoms with Gasteiger partial charge in [-0.2, -0.15) is 0 Å². The number of aromatic nitrogens is 3. The molecule has 1 aromatic carbocycles. The maximum Gasteiger partial charge on any atom is 0.273 e. The van der Waals surface area contributed by atoms with Crippen LogP contribution in [-0.4, -0.2) is 71.1 Å². The van der Waals surface area contributed by atoms with Crippen LogP contribution in [0.25, 0.3) is 0 Å². The van der Waals surface area contributed by atoms with Crippen molar-refractivity contribution in [1.82, 2.24) is 30.7 Å². The van der Waals surface area contributed by atoms with Gasteiger partial charge in [0, 0.05) is 56.8 Å². The summed E-state index contributed by atoms with van der Waals surface area (Å²) in [4.78, 5) is 44.8. The van der Waals surface area contributed by atoms with Gasteiger partial charge in [-0.3, -0.25) is 24.3 Å². The molecular weight excluding hydrogens is 524 g/mol. The number of ether oxygens (including phenoxy) is 1. The molecule has 2 aromatic heterocycles. The van der Waals surface area contributed by atoms with Crippen molar-refractivity contribution in [3.05, 3.63) is 65.6 Å². The zero-order valence-electron chi connectivity index (χ0n) is 23.3. The number of anilines is 3. The van der Waals surface area contributed by atoms with E-state index in [2.05, 4.69) is 41.3 Å². The fourth-order valence-electron chi connectivity index (χ4n) is 4.77. The van der Waals surface area contributed by atoms with E-state index in [0.29, 0.717) is 28.6 Å². The van der Waals surface area contributed by atoms with Gasteiger partial charge in [-0.1, -0.05) is 12.1 Å². The van der Waals surface area contributed by atoms with Crippen LogP contribution in [0.2, 0.25) is 0 Å². The second-order valence-corrected chi connectivity index (χ2v) is 10.4. The van der Waals surface area contributed by atoms with E-state index in [1.807, 2.05) is 25.1 Å². The molecule has 214 valence electrons. The minimum Gasteiger partial charge on any atom is -0.494 e. The van der Waals surface area contributed by atoms with Crippen molar-refractivity contribution in [3.8, 4) is 5.75 Å². The average molecular weight is 559 g/mol. The molecule has 2 aliphatic rings.